The van der Waals surface area contributed by atoms with E-state index in [-0.39, 0.29) is 17.7 Å². The molecule has 0 bridgehead atoms. The van der Waals surface area contributed by atoms with Gasteiger partial charge in [0.25, 0.3) is 5.91 Å². The third-order valence-corrected chi connectivity index (χ3v) is 6.40. The predicted molar refractivity (Wildman–Crippen MR) is 112 cm³/mol. The number of para-hydroxylation sites is 1. The van der Waals surface area contributed by atoms with Crippen LogP contribution in [0.4, 0.5) is 0 Å². The standard InChI is InChI=1S/C23H28N4O3/c28-22(26-12-14-30-15-13-26)18-8-10-25(11-9-18)23(29)21-16-20(17-6-7-17)24-27(21)19-4-2-1-3-5-19/h1-5,16-18H,6-15H2. The maximum absolute atomic E-state index is 13.4. The minimum atomic E-state index is 0.00760. The zero-order valence-electron chi connectivity index (χ0n) is 17.2. The highest BCUT2D eigenvalue weighted by Gasteiger charge is 2.34. The number of amides is 2. The molecule has 158 valence electrons. The Morgan fingerprint density at radius 1 is 0.900 bits per heavy atom. The number of hydrogen-bond acceptors (Lipinski definition) is 4. The SMILES string of the molecule is O=C(c1cc(C2CC2)nn1-c1ccccc1)N1CCC(C(=O)N2CCOCC2)CC1. The third kappa shape index (κ3) is 3.86. The van der Waals surface area contributed by atoms with Gasteiger partial charge < -0.3 is 14.5 Å². The minimum Gasteiger partial charge on any atom is -0.378 e. The van der Waals surface area contributed by atoms with Crippen molar-refractivity contribution in [1.29, 1.82) is 0 Å². The van der Waals surface area contributed by atoms with Gasteiger partial charge in [-0.2, -0.15) is 5.10 Å². The molecule has 5 rings (SSSR count). The topological polar surface area (TPSA) is 67.7 Å². The second-order valence-electron chi connectivity index (χ2n) is 8.48. The number of carbonyl (C=O) groups is 2. The van der Waals surface area contributed by atoms with Gasteiger partial charge in [-0.05, 0) is 43.9 Å². The molecule has 3 fully saturated rings. The fraction of sp³-hybridized carbons (Fsp3) is 0.522. The van der Waals surface area contributed by atoms with Crippen molar-refractivity contribution in [2.75, 3.05) is 39.4 Å². The largest absolute Gasteiger partial charge is 0.378 e. The number of ether oxygens (including phenoxy) is 1. The summed E-state index contributed by atoms with van der Waals surface area (Å²) in [5, 5.41) is 4.76. The van der Waals surface area contributed by atoms with Crippen molar-refractivity contribution in [2.45, 2.75) is 31.6 Å². The highest BCUT2D eigenvalue weighted by Crippen LogP contribution is 2.40. The van der Waals surface area contributed by atoms with Crippen LogP contribution in [0.1, 0.15) is 47.8 Å². The fourth-order valence-corrected chi connectivity index (χ4v) is 4.43. The van der Waals surface area contributed by atoms with Crippen molar-refractivity contribution in [3.05, 3.63) is 47.8 Å². The van der Waals surface area contributed by atoms with Crippen molar-refractivity contribution < 1.29 is 14.3 Å². The van der Waals surface area contributed by atoms with Crippen LogP contribution in [0, 0.1) is 5.92 Å². The number of nitrogens with zero attached hydrogens (tertiary/aromatic N) is 4. The van der Waals surface area contributed by atoms with E-state index < -0.39 is 0 Å². The first kappa shape index (κ1) is 19.3. The molecule has 1 aliphatic carbocycles. The van der Waals surface area contributed by atoms with Gasteiger partial charge in [-0.3, -0.25) is 9.59 Å². The van der Waals surface area contributed by atoms with E-state index in [1.54, 1.807) is 4.68 Å². The molecule has 2 saturated heterocycles. The van der Waals surface area contributed by atoms with E-state index in [0.717, 1.165) is 37.1 Å². The molecule has 3 aliphatic rings. The van der Waals surface area contributed by atoms with Crippen molar-refractivity contribution >= 4 is 11.8 Å². The molecule has 0 atom stereocenters. The van der Waals surface area contributed by atoms with Crippen LogP contribution in [0.2, 0.25) is 0 Å². The monoisotopic (exact) mass is 408 g/mol. The molecular formula is C23H28N4O3. The normalized spacial score (nSPS) is 20.4. The molecule has 7 nitrogen and oxygen atoms in total. The van der Waals surface area contributed by atoms with Crippen LogP contribution in [0.15, 0.2) is 36.4 Å². The van der Waals surface area contributed by atoms with E-state index in [2.05, 4.69) is 0 Å². The first-order chi connectivity index (χ1) is 14.7. The van der Waals surface area contributed by atoms with E-state index in [1.165, 1.54) is 0 Å². The average Bonchev–Trinajstić information content (AvgIpc) is 3.57. The maximum atomic E-state index is 13.4. The second-order valence-corrected chi connectivity index (χ2v) is 8.48. The van der Waals surface area contributed by atoms with Gasteiger partial charge in [-0.25, -0.2) is 4.68 Å². The van der Waals surface area contributed by atoms with Crippen LogP contribution >= 0.6 is 0 Å². The number of aromatic nitrogens is 2. The van der Waals surface area contributed by atoms with Gasteiger partial charge >= 0.3 is 0 Å². The fourth-order valence-electron chi connectivity index (χ4n) is 4.43. The average molecular weight is 409 g/mol. The molecule has 0 N–H and O–H groups in total. The Bertz CT molecular complexity index is 908. The van der Waals surface area contributed by atoms with E-state index in [1.807, 2.05) is 46.2 Å². The van der Waals surface area contributed by atoms with Crippen LogP contribution < -0.4 is 0 Å². The summed E-state index contributed by atoms with van der Waals surface area (Å²) in [4.78, 5) is 30.0. The van der Waals surface area contributed by atoms with Crippen LogP contribution in [0.5, 0.6) is 0 Å². The lowest BCUT2D eigenvalue weighted by Gasteiger charge is -2.35. The first-order valence-corrected chi connectivity index (χ1v) is 11.0. The molecule has 1 aromatic carbocycles. The Balaban J connectivity index is 1.29. The maximum Gasteiger partial charge on any atom is 0.272 e. The molecule has 2 aliphatic heterocycles. The predicted octanol–water partition coefficient (Wildman–Crippen LogP) is 2.46. The second kappa shape index (κ2) is 8.22. The number of rotatable bonds is 4. The Hall–Kier alpha value is -2.67. The van der Waals surface area contributed by atoms with Gasteiger partial charge in [0, 0.05) is 38.0 Å². The Morgan fingerprint density at radius 3 is 2.27 bits per heavy atom. The smallest absolute Gasteiger partial charge is 0.272 e. The molecule has 2 amide bonds. The Kier molecular flexibility index (Phi) is 5.29. The van der Waals surface area contributed by atoms with Gasteiger partial charge in [-0.15, -0.1) is 0 Å². The molecule has 30 heavy (non-hydrogen) atoms. The number of benzene rings is 1. The highest BCUT2D eigenvalue weighted by molar-refractivity contribution is 5.93. The summed E-state index contributed by atoms with van der Waals surface area (Å²) < 4.78 is 7.14. The molecule has 7 heteroatoms. The number of piperidine rings is 1. The van der Waals surface area contributed by atoms with E-state index in [0.29, 0.717) is 51.0 Å². The molecule has 3 heterocycles. The zero-order chi connectivity index (χ0) is 20.5. The van der Waals surface area contributed by atoms with Crippen LogP contribution in [0.3, 0.4) is 0 Å². The summed E-state index contributed by atoms with van der Waals surface area (Å²) in [5.41, 5.74) is 2.55. The van der Waals surface area contributed by atoms with Crippen molar-refractivity contribution in [1.82, 2.24) is 19.6 Å². The Labute approximate surface area is 176 Å². The van der Waals surface area contributed by atoms with Crippen LogP contribution in [-0.2, 0) is 9.53 Å². The van der Waals surface area contributed by atoms with Gasteiger partial charge in [0.05, 0.1) is 24.6 Å². The molecule has 1 aromatic heterocycles. The number of hydrogen-bond donors (Lipinski definition) is 0. The highest BCUT2D eigenvalue weighted by atomic mass is 16.5. The van der Waals surface area contributed by atoms with Gasteiger partial charge in [0.2, 0.25) is 5.91 Å². The first-order valence-electron chi connectivity index (χ1n) is 11.0. The van der Waals surface area contributed by atoms with Gasteiger partial charge in [0.15, 0.2) is 0 Å². The molecule has 2 aromatic rings. The Morgan fingerprint density at radius 2 is 1.60 bits per heavy atom. The van der Waals surface area contributed by atoms with E-state index in [4.69, 9.17) is 9.84 Å². The zero-order valence-corrected chi connectivity index (χ0v) is 17.2. The van der Waals surface area contributed by atoms with Gasteiger partial charge in [-0.1, -0.05) is 18.2 Å². The van der Waals surface area contributed by atoms with Crippen molar-refractivity contribution in [3.63, 3.8) is 0 Å². The molecule has 0 unspecified atom stereocenters. The number of morpholine rings is 1. The van der Waals surface area contributed by atoms with Crippen molar-refractivity contribution in [2.24, 2.45) is 5.92 Å². The van der Waals surface area contributed by atoms with E-state index >= 15 is 0 Å². The van der Waals surface area contributed by atoms with Gasteiger partial charge in [0.1, 0.15) is 5.69 Å². The third-order valence-electron chi connectivity index (χ3n) is 6.40. The molecule has 0 spiro atoms. The summed E-state index contributed by atoms with van der Waals surface area (Å²) in [6.07, 6.45) is 3.73. The summed E-state index contributed by atoms with van der Waals surface area (Å²) in [6.45, 7) is 3.82. The summed E-state index contributed by atoms with van der Waals surface area (Å²) in [5.74, 6) is 0.720. The van der Waals surface area contributed by atoms with E-state index in [9.17, 15) is 9.59 Å². The summed E-state index contributed by atoms with van der Waals surface area (Å²) in [7, 11) is 0. The lowest BCUT2D eigenvalue weighted by Crippen LogP contribution is -2.47. The van der Waals surface area contributed by atoms with Crippen LogP contribution in [0.25, 0.3) is 5.69 Å². The molecular weight excluding hydrogens is 380 g/mol. The lowest BCUT2D eigenvalue weighted by molar-refractivity contribution is -0.141. The van der Waals surface area contributed by atoms with Crippen molar-refractivity contribution in [3.8, 4) is 5.69 Å². The molecule has 1 saturated carbocycles. The lowest BCUT2D eigenvalue weighted by atomic mass is 9.95. The minimum absolute atomic E-state index is 0.00760. The number of likely N-dealkylation sites (tertiary alicyclic amines) is 1. The quantitative estimate of drug-likeness (QED) is 0.779. The summed E-state index contributed by atoms with van der Waals surface area (Å²) >= 11 is 0. The molecule has 0 radical (unpaired) electrons. The summed E-state index contributed by atoms with van der Waals surface area (Å²) in [6, 6.07) is 11.8. The number of carbonyl (C=O) groups excluding carboxylic acids is 2. The van der Waals surface area contributed by atoms with Crippen LogP contribution in [-0.4, -0.2) is 70.8 Å².